The standard InChI is InChI=1S/C20H22F3N3O/c21-20(22,23)17-6-2-1-5-15(17)8-7-14-4-3-11-26(13-14)19(27)16-9-10-25-18(24)12-16/h1-2,5-6,9-10,12,14H,3-4,7-8,11,13H2,(H2,24,25)/t14-/m1/s1. The number of amides is 1. The second-order valence-electron chi connectivity index (χ2n) is 6.92. The number of aromatic nitrogens is 1. The average molecular weight is 377 g/mol. The molecule has 0 aliphatic carbocycles. The van der Waals surface area contributed by atoms with Gasteiger partial charge in [-0.1, -0.05) is 18.2 Å². The number of nitrogens with two attached hydrogens (primary N) is 1. The molecule has 1 saturated heterocycles. The number of nitrogen functional groups attached to an aromatic ring is 1. The lowest BCUT2D eigenvalue weighted by atomic mass is 9.90. The Morgan fingerprint density at radius 3 is 2.78 bits per heavy atom. The van der Waals surface area contributed by atoms with E-state index < -0.39 is 11.7 Å². The smallest absolute Gasteiger partial charge is 0.384 e. The summed E-state index contributed by atoms with van der Waals surface area (Å²) in [4.78, 5) is 18.3. The van der Waals surface area contributed by atoms with Crippen LogP contribution in [0.5, 0.6) is 0 Å². The van der Waals surface area contributed by atoms with Gasteiger partial charge >= 0.3 is 6.18 Å². The topological polar surface area (TPSA) is 59.2 Å². The molecule has 1 atom stereocenters. The van der Waals surface area contributed by atoms with E-state index in [2.05, 4.69) is 4.98 Å². The second kappa shape index (κ2) is 7.98. The summed E-state index contributed by atoms with van der Waals surface area (Å²) < 4.78 is 39.4. The van der Waals surface area contributed by atoms with E-state index in [4.69, 9.17) is 5.73 Å². The molecule has 2 N–H and O–H groups in total. The summed E-state index contributed by atoms with van der Waals surface area (Å²) in [6, 6.07) is 8.88. The molecule has 0 unspecified atom stereocenters. The molecule has 1 amide bonds. The number of alkyl halides is 3. The van der Waals surface area contributed by atoms with Crippen molar-refractivity contribution in [2.75, 3.05) is 18.8 Å². The summed E-state index contributed by atoms with van der Waals surface area (Å²) in [6.45, 7) is 1.20. The number of hydrogen-bond acceptors (Lipinski definition) is 3. The number of carbonyl (C=O) groups excluding carboxylic acids is 1. The monoisotopic (exact) mass is 377 g/mol. The van der Waals surface area contributed by atoms with Gasteiger partial charge in [0, 0.05) is 24.8 Å². The molecule has 1 aliphatic rings. The minimum atomic E-state index is -4.34. The molecule has 1 aromatic carbocycles. The molecule has 0 spiro atoms. The van der Waals surface area contributed by atoms with Crippen molar-refractivity contribution < 1.29 is 18.0 Å². The lowest BCUT2D eigenvalue weighted by molar-refractivity contribution is -0.138. The van der Waals surface area contributed by atoms with E-state index >= 15 is 0 Å². The number of anilines is 1. The fraction of sp³-hybridized carbons (Fsp3) is 0.400. The molecule has 0 bridgehead atoms. The van der Waals surface area contributed by atoms with Crippen LogP contribution in [-0.4, -0.2) is 28.9 Å². The summed E-state index contributed by atoms with van der Waals surface area (Å²) in [6.07, 6.45) is -0.112. The highest BCUT2D eigenvalue weighted by Crippen LogP contribution is 2.33. The second-order valence-corrected chi connectivity index (χ2v) is 6.92. The van der Waals surface area contributed by atoms with Crippen LogP contribution in [-0.2, 0) is 12.6 Å². The van der Waals surface area contributed by atoms with E-state index in [1.807, 2.05) is 0 Å². The van der Waals surface area contributed by atoms with Crippen LogP contribution < -0.4 is 5.73 Å². The highest BCUT2D eigenvalue weighted by Gasteiger charge is 2.33. The summed E-state index contributed by atoms with van der Waals surface area (Å²) in [5, 5.41) is 0. The molecular formula is C20H22F3N3O. The number of carbonyl (C=O) groups is 1. The van der Waals surface area contributed by atoms with Crippen LogP contribution in [0.25, 0.3) is 0 Å². The molecule has 3 rings (SSSR count). The van der Waals surface area contributed by atoms with E-state index in [1.54, 1.807) is 23.1 Å². The molecule has 144 valence electrons. The minimum absolute atomic E-state index is 0.107. The highest BCUT2D eigenvalue weighted by molar-refractivity contribution is 5.94. The van der Waals surface area contributed by atoms with Crippen LogP contribution in [0.2, 0.25) is 0 Å². The van der Waals surface area contributed by atoms with Crippen molar-refractivity contribution >= 4 is 11.7 Å². The number of pyridine rings is 1. The van der Waals surface area contributed by atoms with E-state index in [0.29, 0.717) is 37.1 Å². The third-order valence-electron chi connectivity index (χ3n) is 4.98. The fourth-order valence-electron chi connectivity index (χ4n) is 3.62. The van der Waals surface area contributed by atoms with Crippen LogP contribution in [0.15, 0.2) is 42.6 Å². The van der Waals surface area contributed by atoms with E-state index in [9.17, 15) is 18.0 Å². The van der Waals surface area contributed by atoms with Gasteiger partial charge in [0.25, 0.3) is 5.91 Å². The van der Waals surface area contributed by atoms with Crippen molar-refractivity contribution in [3.05, 3.63) is 59.3 Å². The maximum absolute atomic E-state index is 13.1. The first-order chi connectivity index (χ1) is 12.8. The number of piperidine rings is 1. The van der Waals surface area contributed by atoms with E-state index in [1.165, 1.54) is 18.3 Å². The van der Waals surface area contributed by atoms with Crippen LogP contribution in [0.3, 0.4) is 0 Å². The Hall–Kier alpha value is -2.57. The van der Waals surface area contributed by atoms with Gasteiger partial charge in [0.05, 0.1) is 5.56 Å². The number of halogens is 3. The lowest BCUT2D eigenvalue weighted by Crippen LogP contribution is -2.40. The number of hydrogen-bond donors (Lipinski definition) is 1. The predicted octanol–water partition coefficient (Wildman–Crippen LogP) is 4.17. The number of benzene rings is 1. The predicted molar refractivity (Wildman–Crippen MR) is 97.0 cm³/mol. The number of rotatable bonds is 4. The fourth-order valence-corrected chi connectivity index (χ4v) is 3.62. The average Bonchev–Trinajstić information content (AvgIpc) is 2.65. The van der Waals surface area contributed by atoms with Crippen LogP contribution in [0.4, 0.5) is 19.0 Å². The zero-order valence-electron chi connectivity index (χ0n) is 14.9. The van der Waals surface area contributed by atoms with Crippen molar-refractivity contribution in [1.29, 1.82) is 0 Å². The SMILES string of the molecule is Nc1cc(C(=O)N2CCC[C@H](CCc3ccccc3C(F)(F)F)C2)ccn1. The molecule has 27 heavy (non-hydrogen) atoms. The Balaban J connectivity index is 1.63. The lowest BCUT2D eigenvalue weighted by Gasteiger charge is -2.33. The van der Waals surface area contributed by atoms with Crippen LogP contribution in [0.1, 0.15) is 40.7 Å². The molecule has 4 nitrogen and oxygen atoms in total. The Labute approximate surface area is 156 Å². The van der Waals surface area contributed by atoms with Gasteiger partial charge in [0.15, 0.2) is 0 Å². The van der Waals surface area contributed by atoms with Crippen molar-refractivity contribution in [2.24, 2.45) is 5.92 Å². The van der Waals surface area contributed by atoms with E-state index in [0.717, 1.165) is 18.9 Å². The number of likely N-dealkylation sites (tertiary alicyclic amines) is 1. The quantitative estimate of drug-likeness (QED) is 0.870. The summed E-state index contributed by atoms with van der Waals surface area (Å²) in [7, 11) is 0. The van der Waals surface area contributed by atoms with Crippen LogP contribution >= 0.6 is 0 Å². The Morgan fingerprint density at radius 2 is 2.04 bits per heavy atom. The number of nitrogens with zero attached hydrogens (tertiary/aromatic N) is 2. The molecule has 1 aromatic heterocycles. The zero-order chi connectivity index (χ0) is 19.4. The van der Waals surface area contributed by atoms with Crippen molar-refractivity contribution in [1.82, 2.24) is 9.88 Å². The van der Waals surface area contributed by atoms with Gasteiger partial charge < -0.3 is 10.6 Å². The van der Waals surface area contributed by atoms with E-state index in [-0.39, 0.29) is 17.6 Å². The molecule has 2 aromatic rings. The molecule has 2 heterocycles. The van der Waals surface area contributed by atoms with Gasteiger partial charge in [-0.2, -0.15) is 13.2 Å². The third-order valence-corrected chi connectivity index (χ3v) is 4.98. The van der Waals surface area contributed by atoms with Gasteiger partial charge in [-0.15, -0.1) is 0 Å². The zero-order valence-corrected chi connectivity index (χ0v) is 14.9. The van der Waals surface area contributed by atoms with Gasteiger partial charge in [-0.3, -0.25) is 4.79 Å². The molecule has 0 saturated carbocycles. The third kappa shape index (κ3) is 4.78. The minimum Gasteiger partial charge on any atom is -0.384 e. The summed E-state index contributed by atoms with van der Waals surface area (Å²) in [5.74, 6) is 0.367. The summed E-state index contributed by atoms with van der Waals surface area (Å²) >= 11 is 0. The highest BCUT2D eigenvalue weighted by atomic mass is 19.4. The molecule has 0 radical (unpaired) electrons. The van der Waals surface area contributed by atoms with Crippen molar-refractivity contribution in [3.63, 3.8) is 0 Å². The van der Waals surface area contributed by atoms with Gasteiger partial charge in [0.2, 0.25) is 0 Å². The molecule has 1 aliphatic heterocycles. The van der Waals surface area contributed by atoms with Crippen molar-refractivity contribution in [2.45, 2.75) is 31.9 Å². The Morgan fingerprint density at radius 1 is 1.26 bits per heavy atom. The van der Waals surface area contributed by atoms with Crippen molar-refractivity contribution in [3.8, 4) is 0 Å². The molecule has 1 fully saturated rings. The molecular weight excluding hydrogens is 355 g/mol. The first-order valence-electron chi connectivity index (χ1n) is 9.00. The molecule has 7 heteroatoms. The van der Waals surface area contributed by atoms with Gasteiger partial charge in [0.1, 0.15) is 5.82 Å². The number of aryl methyl sites for hydroxylation is 1. The van der Waals surface area contributed by atoms with Crippen LogP contribution in [0, 0.1) is 5.92 Å². The summed E-state index contributed by atoms with van der Waals surface area (Å²) in [5.41, 5.74) is 5.88. The van der Waals surface area contributed by atoms with Gasteiger partial charge in [-0.05, 0) is 55.4 Å². The largest absolute Gasteiger partial charge is 0.416 e. The Kier molecular flexibility index (Phi) is 5.68. The Bertz CT molecular complexity index is 807. The maximum Gasteiger partial charge on any atom is 0.416 e. The first kappa shape index (κ1) is 19.2. The normalized spacial score (nSPS) is 17.7. The maximum atomic E-state index is 13.1. The van der Waals surface area contributed by atoms with Gasteiger partial charge in [-0.25, -0.2) is 4.98 Å². The first-order valence-corrected chi connectivity index (χ1v) is 9.00.